The van der Waals surface area contributed by atoms with E-state index in [-0.39, 0.29) is 0 Å². The zero-order valence-corrected chi connectivity index (χ0v) is 32.9. The summed E-state index contributed by atoms with van der Waals surface area (Å²) in [5, 5.41) is 135. The Hall–Kier alpha value is -2.84. The number of nitrogens with one attached hydrogen (secondary N) is 3. The van der Waals surface area contributed by atoms with Gasteiger partial charge in [0.2, 0.25) is 17.7 Å². The van der Waals surface area contributed by atoms with Gasteiger partial charge in [0.05, 0.1) is 50.7 Å². The maximum absolute atomic E-state index is 12.8. The molecular formula is C34H57N3O23. The summed E-state index contributed by atoms with van der Waals surface area (Å²) in [5.41, 5.74) is 0. The highest BCUT2D eigenvalue weighted by molar-refractivity contribution is 5.77. The van der Waals surface area contributed by atoms with Crippen LogP contribution in [0.25, 0.3) is 0 Å². The monoisotopic (exact) mass is 875 g/mol. The molecule has 0 radical (unpaired) electrons. The van der Waals surface area contributed by atoms with Crippen molar-refractivity contribution in [2.75, 3.05) is 26.4 Å². The lowest BCUT2D eigenvalue weighted by molar-refractivity contribution is -0.383. The first-order valence-electron chi connectivity index (χ1n) is 19.0. The predicted molar refractivity (Wildman–Crippen MR) is 189 cm³/mol. The maximum Gasteiger partial charge on any atom is 0.364 e. The van der Waals surface area contributed by atoms with Crippen LogP contribution in [-0.4, -0.2) is 239 Å². The van der Waals surface area contributed by atoms with Gasteiger partial charge in [0.1, 0.15) is 85.4 Å². The van der Waals surface area contributed by atoms with Gasteiger partial charge < -0.3 is 110 Å². The summed E-state index contributed by atoms with van der Waals surface area (Å²) in [6.45, 7) is 1.25. The van der Waals surface area contributed by atoms with Crippen LogP contribution in [-0.2, 0) is 52.3 Å². The van der Waals surface area contributed by atoms with E-state index >= 15 is 0 Å². The standard InChI is InChI=1S/C34H57N3O23/c1-10-19(35-11(2)41)25(49)23(47)18(55-10)9-54-31-21(37-13(4)43)26(50)28(17(8-40)57-31)58-32-27(51)30(24(48)16(7-39)56-32)60-34(33(52)53)5-14(44)20(36-12(3)42)29(59-34)22(46)15(45)6-38/h10,14-32,38-40,44-51H,5-9H2,1-4H3,(H,35,41)(H,36,42)(H,37,43)(H,52,53)/t10-,14?,15+,16?,17?,18?,19?,20+,21?,22+,23-,24-,25+,26+,27?,28-,29?,30-,31+,32-,34-/m0/s1. The Morgan fingerprint density at radius 1 is 0.700 bits per heavy atom. The Morgan fingerprint density at radius 3 is 1.82 bits per heavy atom. The highest BCUT2D eigenvalue weighted by atomic mass is 16.8. The summed E-state index contributed by atoms with van der Waals surface area (Å²) in [7, 11) is 0. The summed E-state index contributed by atoms with van der Waals surface area (Å²) in [6.07, 6.45) is -31.5. The fourth-order valence-electron chi connectivity index (χ4n) is 7.61. The van der Waals surface area contributed by atoms with Crippen molar-refractivity contribution in [2.24, 2.45) is 0 Å². The zero-order chi connectivity index (χ0) is 45.0. The van der Waals surface area contributed by atoms with E-state index in [1.807, 2.05) is 0 Å². The summed E-state index contributed by atoms with van der Waals surface area (Å²) in [6, 6.07) is -4.11. The molecule has 4 heterocycles. The van der Waals surface area contributed by atoms with Crippen molar-refractivity contribution in [3.05, 3.63) is 0 Å². The molecule has 0 aromatic rings. The second kappa shape index (κ2) is 21.0. The number of carboxylic acids is 1. The summed E-state index contributed by atoms with van der Waals surface area (Å²) >= 11 is 0. The number of carbonyl (C=O) groups is 4. The molecule has 0 aromatic carbocycles. The van der Waals surface area contributed by atoms with Crippen LogP contribution >= 0.6 is 0 Å². The molecular weight excluding hydrogens is 818 g/mol. The molecule has 0 spiro atoms. The fraction of sp³-hybridized carbons (Fsp3) is 0.882. The average Bonchev–Trinajstić information content (AvgIpc) is 3.18. The molecule has 60 heavy (non-hydrogen) atoms. The summed E-state index contributed by atoms with van der Waals surface area (Å²) in [4.78, 5) is 48.6. The number of amides is 3. The lowest BCUT2D eigenvalue weighted by atomic mass is 9.88. The molecule has 346 valence electrons. The van der Waals surface area contributed by atoms with Crippen molar-refractivity contribution < 1.29 is 114 Å². The van der Waals surface area contributed by atoms with Crippen LogP contribution in [0.4, 0.5) is 0 Å². The number of aliphatic carboxylic acids is 1. The van der Waals surface area contributed by atoms with E-state index in [1.54, 1.807) is 0 Å². The van der Waals surface area contributed by atoms with Crippen molar-refractivity contribution in [3.8, 4) is 0 Å². The molecule has 26 heteroatoms. The molecule has 0 aromatic heterocycles. The number of aliphatic hydroxyl groups excluding tert-OH is 11. The fourth-order valence-corrected chi connectivity index (χ4v) is 7.61. The van der Waals surface area contributed by atoms with Crippen molar-refractivity contribution in [1.82, 2.24) is 16.0 Å². The highest BCUT2D eigenvalue weighted by Crippen LogP contribution is 2.38. The van der Waals surface area contributed by atoms with Gasteiger partial charge in [0, 0.05) is 27.2 Å². The third-order valence-corrected chi connectivity index (χ3v) is 10.6. The molecule has 15 N–H and O–H groups in total. The van der Waals surface area contributed by atoms with Gasteiger partial charge in [-0.05, 0) is 6.92 Å². The van der Waals surface area contributed by atoms with Gasteiger partial charge in [-0.25, -0.2) is 4.79 Å². The van der Waals surface area contributed by atoms with Crippen LogP contribution in [0.1, 0.15) is 34.1 Å². The highest BCUT2D eigenvalue weighted by Gasteiger charge is 2.60. The second-order valence-corrected chi connectivity index (χ2v) is 15.1. The SMILES string of the molecule is CC(=O)NC1[C@H](C)OC(CO[C@@H]2OC(CO)[C@H](O[C@@H]3OC(CO)[C@H](O)[C@H](O[C@]4(C(=O)O)CC(O)[C@@H](NC(C)=O)C([C@H](O)[C@H](O)CO)O4)C3O)[C@H](O)C2NC(C)=O)[C@H](O)[C@@H]1O. The van der Waals surface area contributed by atoms with E-state index in [2.05, 4.69) is 16.0 Å². The van der Waals surface area contributed by atoms with E-state index in [0.29, 0.717) is 0 Å². The number of carbonyl (C=O) groups excluding carboxylic acids is 3. The van der Waals surface area contributed by atoms with Gasteiger partial charge in [-0.3, -0.25) is 14.4 Å². The molecule has 4 aliphatic heterocycles. The Balaban J connectivity index is 1.58. The van der Waals surface area contributed by atoms with Crippen LogP contribution in [0.5, 0.6) is 0 Å². The molecule has 8 unspecified atom stereocenters. The van der Waals surface area contributed by atoms with Gasteiger partial charge in [0.15, 0.2) is 12.6 Å². The summed E-state index contributed by atoms with van der Waals surface area (Å²) in [5.74, 6) is -7.11. The smallest absolute Gasteiger partial charge is 0.364 e. The largest absolute Gasteiger partial charge is 0.477 e. The van der Waals surface area contributed by atoms with Crippen LogP contribution in [0.2, 0.25) is 0 Å². The van der Waals surface area contributed by atoms with E-state index < -0.39 is 185 Å². The van der Waals surface area contributed by atoms with Gasteiger partial charge in [-0.1, -0.05) is 0 Å². The minimum absolute atomic E-state index is 0.492. The average molecular weight is 876 g/mol. The number of rotatable bonds is 16. The molecule has 21 atom stereocenters. The van der Waals surface area contributed by atoms with Gasteiger partial charge >= 0.3 is 5.97 Å². The number of aliphatic hydroxyl groups is 11. The number of ether oxygens (including phenoxy) is 7. The molecule has 0 bridgehead atoms. The number of carboxylic acid groups (broad SMARTS) is 1. The lowest BCUT2D eigenvalue weighted by Crippen LogP contribution is -2.71. The van der Waals surface area contributed by atoms with E-state index in [1.165, 1.54) is 13.8 Å². The van der Waals surface area contributed by atoms with E-state index in [9.17, 15) is 80.5 Å². The second-order valence-electron chi connectivity index (χ2n) is 15.1. The van der Waals surface area contributed by atoms with Crippen LogP contribution in [0, 0.1) is 0 Å². The first-order valence-corrected chi connectivity index (χ1v) is 19.0. The molecule has 3 amide bonds. The molecule has 0 aliphatic carbocycles. The normalized spacial score (nSPS) is 43.3. The Bertz CT molecular complexity index is 1470. The lowest BCUT2D eigenvalue weighted by Gasteiger charge is -2.51. The number of hydrogen-bond donors (Lipinski definition) is 15. The molecule has 4 aliphatic rings. The molecule has 4 fully saturated rings. The van der Waals surface area contributed by atoms with Crippen molar-refractivity contribution in [1.29, 1.82) is 0 Å². The van der Waals surface area contributed by atoms with E-state index in [4.69, 9.17) is 33.2 Å². The molecule has 26 nitrogen and oxygen atoms in total. The Kier molecular flexibility index (Phi) is 17.5. The molecule has 4 saturated heterocycles. The maximum atomic E-state index is 12.8. The Morgan fingerprint density at radius 2 is 1.27 bits per heavy atom. The van der Waals surface area contributed by atoms with Crippen LogP contribution in [0.3, 0.4) is 0 Å². The Labute approximate surface area is 341 Å². The van der Waals surface area contributed by atoms with Gasteiger partial charge in [-0.15, -0.1) is 0 Å². The van der Waals surface area contributed by atoms with Crippen molar-refractivity contribution in [2.45, 2.75) is 162 Å². The molecule has 0 saturated carbocycles. The third-order valence-electron chi connectivity index (χ3n) is 10.6. The van der Waals surface area contributed by atoms with Crippen LogP contribution in [0.15, 0.2) is 0 Å². The van der Waals surface area contributed by atoms with Gasteiger partial charge in [0.25, 0.3) is 5.79 Å². The molecule has 4 rings (SSSR count). The van der Waals surface area contributed by atoms with Crippen LogP contribution < -0.4 is 16.0 Å². The first kappa shape index (κ1) is 49.8. The van der Waals surface area contributed by atoms with Gasteiger partial charge in [-0.2, -0.15) is 0 Å². The first-order chi connectivity index (χ1) is 28.1. The zero-order valence-electron chi connectivity index (χ0n) is 32.9. The van der Waals surface area contributed by atoms with Crippen molar-refractivity contribution >= 4 is 23.7 Å². The topological polar surface area (TPSA) is 412 Å². The summed E-state index contributed by atoms with van der Waals surface area (Å²) < 4.78 is 40.0. The minimum Gasteiger partial charge on any atom is -0.477 e. The number of hydrogen-bond acceptors (Lipinski definition) is 22. The third kappa shape index (κ3) is 11.0. The van der Waals surface area contributed by atoms with E-state index in [0.717, 1.165) is 13.8 Å². The minimum atomic E-state index is -3.10. The quantitative estimate of drug-likeness (QED) is 0.0684. The predicted octanol–water partition coefficient (Wildman–Crippen LogP) is -9.04. The van der Waals surface area contributed by atoms with Crippen molar-refractivity contribution in [3.63, 3.8) is 0 Å².